The Kier molecular flexibility index (Phi) is 4.59. The summed E-state index contributed by atoms with van der Waals surface area (Å²) in [6.07, 6.45) is 3.84. The maximum absolute atomic E-state index is 12.9. The number of carbonyl (C=O) groups excluding carboxylic acids is 1. The van der Waals surface area contributed by atoms with Crippen LogP contribution in [0.4, 0.5) is 0 Å². The minimum Gasteiger partial charge on any atom is -0.497 e. The fourth-order valence-corrected chi connectivity index (χ4v) is 2.53. The van der Waals surface area contributed by atoms with E-state index < -0.39 is 5.54 Å². The molecule has 22 heavy (non-hydrogen) atoms. The highest BCUT2D eigenvalue weighted by molar-refractivity contribution is 5.84. The van der Waals surface area contributed by atoms with Crippen LogP contribution in [0.25, 0.3) is 0 Å². The summed E-state index contributed by atoms with van der Waals surface area (Å²) in [7, 11) is 3.50. The summed E-state index contributed by atoms with van der Waals surface area (Å²) in [6.45, 7) is 5.91. The van der Waals surface area contributed by atoms with Crippen LogP contribution >= 0.6 is 0 Å². The third-order valence-electron chi connectivity index (χ3n) is 4.27. The SMILES string of the molecule is COc1ccc([C@H](C)N(C)C(=O)C(C)(C)n2cccc2)cc1. The Morgan fingerprint density at radius 2 is 1.73 bits per heavy atom. The number of methoxy groups -OCH3 is 1. The standard InChI is InChI=1S/C18H24N2O2/c1-14(15-8-10-16(22-5)11-9-15)19(4)17(21)18(2,3)20-12-6-7-13-20/h6-14H,1-5H3/t14-/m0/s1. The average molecular weight is 300 g/mol. The van der Waals surface area contributed by atoms with Crippen LogP contribution in [0.3, 0.4) is 0 Å². The summed E-state index contributed by atoms with van der Waals surface area (Å²) in [6, 6.07) is 11.7. The van der Waals surface area contributed by atoms with E-state index in [1.54, 1.807) is 12.0 Å². The van der Waals surface area contributed by atoms with Gasteiger partial charge < -0.3 is 14.2 Å². The Bertz CT molecular complexity index is 615. The van der Waals surface area contributed by atoms with Crippen LogP contribution in [0.15, 0.2) is 48.8 Å². The molecular weight excluding hydrogens is 276 g/mol. The van der Waals surface area contributed by atoms with Crippen LogP contribution in [0, 0.1) is 0 Å². The number of hydrogen-bond acceptors (Lipinski definition) is 2. The Morgan fingerprint density at radius 3 is 2.23 bits per heavy atom. The second kappa shape index (κ2) is 6.26. The third-order valence-corrected chi connectivity index (χ3v) is 4.27. The van der Waals surface area contributed by atoms with Crippen molar-refractivity contribution in [3.8, 4) is 5.75 Å². The Morgan fingerprint density at radius 1 is 1.18 bits per heavy atom. The number of nitrogens with zero attached hydrogens (tertiary/aromatic N) is 2. The minimum absolute atomic E-state index is 0.00626. The molecule has 1 heterocycles. The van der Waals surface area contributed by atoms with Crippen LogP contribution in [0.2, 0.25) is 0 Å². The molecule has 0 saturated carbocycles. The quantitative estimate of drug-likeness (QED) is 0.847. The Balaban J connectivity index is 2.18. The second-order valence-electron chi connectivity index (χ2n) is 6.01. The number of aromatic nitrogens is 1. The highest BCUT2D eigenvalue weighted by Crippen LogP contribution is 2.26. The van der Waals surface area contributed by atoms with E-state index in [0.717, 1.165) is 11.3 Å². The van der Waals surface area contributed by atoms with Gasteiger partial charge in [0.15, 0.2) is 0 Å². The number of likely N-dealkylation sites (N-methyl/N-ethyl adjacent to an activating group) is 1. The van der Waals surface area contributed by atoms with Crippen LogP contribution in [0.1, 0.15) is 32.4 Å². The third kappa shape index (κ3) is 3.01. The molecule has 0 aliphatic carbocycles. The molecule has 0 radical (unpaired) electrons. The summed E-state index contributed by atoms with van der Waals surface area (Å²) in [5.74, 6) is 0.893. The number of ether oxygens (including phenoxy) is 1. The van der Waals surface area contributed by atoms with E-state index in [1.807, 2.05) is 81.2 Å². The lowest BCUT2D eigenvalue weighted by Gasteiger charge is -2.34. The molecule has 118 valence electrons. The number of benzene rings is 1. The zero-order valence-electron chi connectivity index (χ0n) is 13.9. The summed E-state index contributed by atoms with van der Waals surface area (Å²) in [5, 5.41) is 0. The summed E-state index contributed by atoms with van der Waals surface area (Å²) in [5.41, 5.74) is 0.471. The highest BCUT2D eigenvalue weighted by Gasteiger charge is 2.33. The molecule has 0 fully saturated rings. The first-order chi connectivity index (χ1) is 10.4. The fourth-order valence-electron chi connectivity index (χ4n) is 2.53. The zero-order valence-corrected chi connectivity index (χ0v) is 13.9. The molecule has 4 nitrogen and oxygen atoms in total. The molecule has 0 unspecified atom stereocenters. The first-order valence-corrected chi connectivity index (χ1v) is 7.42. The zero-order chi connectivity index (χ0) is 16.3. The van der Waals surface area contributed by atoms with E-state index in [4.69, 9.17) is 4.74 Å². The maximum Gasteiger partial charge on any atom is 0.248 e. The monoisotopic (exact) mass is 300 g/mol. The van der Waals surface area contributed by atoms with Gasteiger partial charge in [0.1, 0.15) is 11.3 Å². The number of rotatable bonds is 5. The molecule has 0 aliphatic heterocycles. The number of hydrogen-bond donors (Lipinski definition) is 0. The van der Waals surface area contributed by atoms with Crippen molar-refractivity contribution in [1.29, 1.82) is 0 Å². The number of carbonyl (C=O) groups is 1. The predicted octanol–water partition coefficient (Wildman–Crippen LogP) is 3.45. The minimum atomic E-state index is -0.612. The first kappa shape index (κ1) is 16.1. The Hall–Kier alpha value is -2.23. The van der Waals surface area contributed by atoms with Crippen molar-refractivity contribution in [3.05, 3.63) is 54.4 Å². The fraction of sp³-hybridized carbons (Fsp3) is 0.389. The molecule has 1 amide bonds. The molecule has 1 atom stereocenters. The van der Waals surface area contributed by atoms with Gasteiger partial charge >= 0.3 is 0 Å². The van der Waals surface area contributed by atoms with E-state index in [9.17, 15) is 4.79 Å². The number of amides is 1. The second-order valence-corrected chi connectivity index (χ2v) is 6.01. The van der Waals surface area contributed by atoms with Crippen molar-refractivity contribution in [1.82, 2.24) is 9.47 Å². The molecule has 0 aliphatic rings. The maximum atomic E-state index is 12.9. The molecular formula is C18H24N2O2. The highest BCUT2D eigenvalue weighted by atomic mass is 16.5. The van der Waals surface area contributed by atoms with Gasteiger partial charge in [0, 0.05) is 19.4 Å². The largest absolute Gasteiger partial charge is 0.497 e. The van der Waals surface area contributed by atoms with Gasteiger partial charge in [0.25, 0.3) is 0 Å². The van der Waals surface area contributed by atoms with Gasteiger partial charge in [0.05, 0.1) is 13.2 Å². The van der Waals surface area contributed by atoms with Crippen molar-refractivity contribution < 1.29 is 9.53 Å². The van der Waals surface area contributed by atoms with Crippen molar-refractivity contribution in [2.45, 2.75) is 32.4 Å². The topological polar surface area (TPSA) is 34.5 Å². The summed E-state index contributed by atoms with van der Waals surface area (Å²) in [4.78, 5) is 14.7. The van der Waals surface area contributed by atoms with Gasteiger partial charge in [-0.25, -0.2) is 0 Å². The predicted molar refractivity (Wildman–Crippen MR) is 87.9 cm³/mol. The van der Waals surface area contributed by atoms with Gasteiger partial charge in [-0.15, -0.1) is 0 Å². The Labute approximate surface area is 132 Å². The van der Waals surface area contributed by atoms with Crippen molar-refractivity contribution in [2.75, 3.05) is 14.2 Å². The summed E-state index contributed by atoms with van der Waals surface area (Å²) >= 11 is 0. The van der Waals surface area contributed by atoms with Crippen molar-refractivity contribution >= 4 is 5.91 Å². The molecule has 0 bridgehead atoms. The van der Waals surface area contributed by atoms with Crippen molar-refractivity contribution in [2.24, 2.45) is 0 Å². The van der Waals surface area contributed by atoms with Gasteiger partial charge in [-0.05, 0) is 50.6 Å². The van der Waals surface area contributed by atoms with E-state index in [1.165, 1.54) is 0 Å². The van der Waals surface area contributed by atoms with E-state index in [2.05, 4.69) is 0 Å². The lowest BCUT2D eigenvalue weighted by Crippen LogP contribution is -2.45. The van der Waals surface area contributed by atoms with Gasteiger partial charge in [-0.1, -0.05) is 12.1 Å². The van der Waals surface area contributed by atoms with Crippen LogP contribution in [-0.4, -0.2) is 29.5 Å². The van der Waals surface area contributed by atoms with Crippen molar-refractivity contribution in [3.63, 3.8) is 0 Å². The smallest absolute Gasteiger partial charge is 0.248 e. The van der Waals surface area contributed by atoms with Crippen LogP contribution < -0.4 is 4.74 Å². The van der Waals surface area contributed by atoms with E-state index >= 15 is 0 Å². The van der Waals surface area contributed by atoms with E-state index in [-0.39, 0.29) is 11.9 Å². The summed E-state index contributed by atoms with van der Waals surface area (Å²) < 4.78 is 7.11. The molecule has 1 aromatic heterocycles. The molecule has 0 saturated heterocycles. The van der Waals surface area contributed by atoms with Gasteiger partial charge in [0.2, 0.25) is 5.91 Å². The lowest BCUT2D eigenvalue weighted by atomic mass is 10.00. The average Bonchev–Trinajstić information content (AvgIpc) is 3.08. The van der Waals surface area contributed by atoms with Gasteiger partial charge in [-0.3, -0.25) is 4.79 Å². The molecule has 1 aromatic carbocycles. The van der Waals surface area contributed by atoms with Gasteiger partial charge in [-0.2, -0.15) is 0 Å². The molecule has 2 rings (SSSR count). The normalized spacial score (nSPS) is 12.8. The van der Waals surface area contributed by atoms with Crippen LogP contribution in [-0.2, 0) is 10.3 Å². The lowest BCUT2D eigenvalue weighted by molar-refractivity contribution is -0.139. The molecule has 2 aromatic rings. The first-order valence-electron chi connectivity index (χ1n) is 7.42. The van der Waals surface area contributed by atoms with Crippen LogP contribution in [0.5, 0.6) is 5.75 Å². The molecule has 0 spiro atoms. The van der Waals surface area contributed by atoms with E-state index in [0.29, 0.717) is 0 Å². The molecule has 0 N–H and O–H groups in total. The molecule has 4 heteroatoms.